The van der Waals surface area contributed by atoms with E-state index in [0.717, 1.165) is 11.1 Å². The molecule has 45 heavy (non-hydrogen) atoms. The quantitative estimate of drug-likeness (QED) is 0.290. The number of hydrogen-bond donors (Lipinski definition) is 1. The van der Waals surface area contributed by atoms with Gasteiger partial charge in [-0.25, -0.2) is 0 Å². The van der Waals surface area contributed by atoms with Crippen molar-refractivity contribution in [1.29, 1.82) is 0 Å². The van der Waals surface area contributed by atoms with E-state index in [1.165, 1.54) is 11.0 Å². The van der Waals surface area contributed by atoms with Crippen molar-refractivity contribution < 1.29 is 29.0 Å². The summed E-state index contributed by atoms with van der Waals surface area (Å²) in [6.45, 7) is 4.25. The number of benzene rings is 3. The van der Waals surface area contributed by atoms with Gasteiger partial charge in [0.05, 0.1) is 23.9 Å². The molecule has 1 aliphatic heterocycles. The largest absolute Gasteiger partial charge is 0.504 e. The van der Waals surface area contributed by atoms with Gasteiger partial charge in [0.25, 0.3) is 0 Å². The third-order valence-electron chi connectivity index (χ3n) is 10.4. The number of carbonyl (C=O) groups is 4. The molecule has 6 unspecified atom stereocenters. The van der Waals surface area contributed by atoms with Crippen LogP contribution in [0.15, 0.2) is 96.6 Å². The Morgan fingerprint density at radius 1 is 0.889 bits per heavy atom. The summed E-state index contributed by atoms with van der Waals surface area (Å²) in [7, 11) is 0. The molecule has 2 amide bonds. The van der Waals surface area contributed by atoms with Gasteiger partial charge in [0.15, 0.2) is 23.1 Å². The third kappa shape index (κ3) is 4.16. The fourth-order valence-corrected chi connectivity index (χ4v) is 8.61. The molecule has 228 valence electrons. The van der Waals surface area contributed by atoms with Crippen molar-refractivity contribution in [3.8, 4) is 11.5 Å². The summed E-state index contributed by atoms with van der Waals surface area (Å²) in [5.41, 5.74) is 2.04. The lowest BCUT2D eigenvalue weighted by Crippen LogP contribution is -2.58. The van der Waals surface area contributed by atoms with Gasteiger partial charge in [0.1, 0.15) is 0 Å². The highest BCUT2D eigenvalue weighted by Gasteiger charge is 2.65. The molecule has 7 nitrogen and oxygen atoms in total. The van der Waals surface area contributed by atoms with Crippen molar-refractivity contribution >= 4 is 29.0 Å². The minimum atomic E-state index is -1.32. The summed E-state index contributed by atoms with van der Waals surface area (Å²) in [5, 5.41) is 10.7. The van der Waals surface area contributed by atoms with Gasteiger partial charge in [-0.05, 0) is 67.5 Å². The molecule has 2 fully saturated rings. The second kappa shape index (κ2) is 11.0. The van der Waals surface area contributed by atoms with E-state index in [9.17, 15) is 24.3 Å². The molecule has 0 aromatic heterocycles. The number of rotatable bonds is 6. The molecular weight excluding hydrogens is 566 g/mol. The van der Waals surface area contributed by atoms with Crippen molar-refractivity contribution in [2.45, 2.75) is 38.0 Å². The highest BCUT2D eigenvalue weighted by Crippen LogP contribution is 2.63. The molecule has 7 rings (SSSR count). The molecule has 1 heterocycles. The average molecular weight is 602 g/mol. The molecule has 7 heteroatoms. The zero-order valence-corrected chi connectivity index (χ0v) is 25.3. The number of amides is 2. The number of nitrogens with zero attached hydrogens (tertiary/aromatic N) is 1. The topological polar surface area (TPSA) is 101 Å². The number of likely N-dealkylation sites (tertiary alicyclic amines) is 1. The Labute approximate surface area is 262 Å². The molecule has 3 aliphatic carbocycles. The lowest BCUT2D eigenvalue weighted by molar-refractivity contribution is -0.140. The van der Waals surface area contributed by atoms with E-state index >= 15 is 0 Å². The van der Waals surface area contributed by atoms with Crippen molar-refractivity contribution in [2.75, 3.05) is 13.2 Å². The van der Waals surface area contributed by atoms with E-state index in [1.807, 2.05) is 73.7 Å². The normalized spacial score (nSPS) is 29.0. The summed E-state index contributed by atoms with van der Waals surface area (Å²) < 4.78 is 5.79. The minimum Gasteiger partial charge on any atom is -0.504 e. The van der Waals surface area contributed by atoms with Gasteiger partial charge in [0, 0.05) is 24.0 Å². The number of fused-ring (bicyclic) bond motifs is 4. The molecule has 3 aromatic rings. The number of ether oxygens (including phenoxy) is 1. The molecular formula is C38H35NO6. The first kappa shape index (κ1) is 29.0. The number of phenolic OH excluding ortho intramolecular Hbond substituents is 1. The monoisotopic (exact) mass is 601 g/mol. The average Bonchev–Trinajstić information content (AvgIpc) is 3.32. The van der Waals surface area contributed by atoms with Gasteiger partial charge >= 0.3 is 0 Å². The van der Waals surface area contributed by atoms with Gasteiger partial charge in [-0.15, -0.1) is 0 Å². The number of hydrogen-bond acceptors (Lipinski definition) is 6. The van der Waals surface area contributed by atoms with Crippen LogP contribution in [0.25, 0.3) is 5.57 Å². The first-order valence-corrected chi connectivity index (χ1v) is 15.7. The van der Waals surface area contributed by atoms with E-state index in [4.69, 9.17) is 4.74 Å². The molecule has 0 spiro atoms. The Bertz CT molecular complexity index is 1780. The van der Waals surface area contributed by atoms with E-state index in [0.29, 0.717) is 36.3 Å². The van der Waals surface area contributed by atoms with Crippen molar-refractivity contribution in [3.05, 3.63) is 113 Å². The summed E-state index contributed by atoms with van der Waals surface area (Å²) >= 11 is 0. The second-order valence-corrected chi connectivity index (χ2v) is 12.4. The molecule has 1 saturated heterocycles. The summed E-state index contributed by atoms with van der Waals surface area (Å²) in [6, 6.07) is 23.8. The molecule has 0 radical (unpaired) electrons. The Morgan fingerprint density at radius 3 is 2.29 bits per heavy atom. The maximum Gasteiger partial charge on any atom is 0.233 e. The predicted octanol–water partition coefficient (Wildman–Crippen LogP) is 5.64. The number of phenols is 1. The molecule has 1 N–H and O–H groups in total. The zero-order chi connectivity index (χ0) is 31.5. The van der Waals surface area contributed by atoms with Crippen molar-refractivity contribution in [1.82, 2.24) is 4.90 Å². The highest BCUT2D eigenvalue weighted by molar-refractivity contribution is 6.31. The maximum absolute atomic E-state index is 15.0. The number of carbonyl (C=O) groups excluding carboxylic acids is 4. The summed E-state index contributed by atoms with van der Waals surface area (Å²) in [6.07, 6.45) is 4.20. The number of Topliss-reactive ketones (excluding diaryl/α,β-unsaturated/α-hetero) is 1. The molecule has 4 aliphatic rings. The molecule has 3 aromatic carbocycles. The number of ketones is 2. The number of aromatic hydroxyl groups is 1. The van der Waals surface area contributed by atoms with Gasteiger partial charge in [0.2, 0.25) is 11.8 Å². The van der Waals surface area contributed by atoms with E-state index in [-0.39, 0.29) is 41.3 Å². The van der Waals surface area contributed by atoms with Crippen LogP contribution in [0, 0.1) is 23.7 Å². The first-order chi connectivity index (χ1) is 21.8. The Kier molecular flexibility index (Phi) is 7.07. The number of imide groups is 1. The highest BCUT2D eigenvalue weighted by atomic mass is 16.5. The molecule has 1 saturated carbocycles. The fraction of sp³-hybridized carbons (Fsp3) is 0.316. The van der Waals surface area contributed by atoms with Crippen LogP contribution in [0.2, 0.25) is 0 Å². The fourth-order valence-electron chi connectivity index (χ4n) is 8.61. The lowest BCUT2D eigenvalue weighted by atomic mass is 9.44. The Hall–Kier alpha value is -4.78. The van der Waals surface area contributed by atoms with Gasteiger partial charge in [-0.1, -0.05) is 78.4 Å². The van der Waals surface area contributed by atoms with Crippen LogP contribution in [-0.4, -0.2) is 46.5 Å². The van der Waals surface area contributed by atoms with Gasteiger partial charge in [-0.2, -0.15) is 0 Å². The predicted molar refractivity (Wildman–Crippen MR) is 168 cm³/mol. The first-order valence-electron chi connectivity index (χ1n) is 15.7. The molecule has 6 atom stereocenters. The van der Waals surface area contributed by atoms with Crippen molar-refractivity contribution in [2.24, 2.45) is 23.7 Å². The van der Waals surface area contributed by atoms with Crippen LogP contribution in [-0.2, 0) is 24.6 Å². The summed E-state index contributed by atoms with van der Waals surface area (Å²) in [5.74, 6) is -3.41. The van der Waals surface area contributed by atoms with E-state index in [2.05, 4.69) is 0 Å². The van der Waals surface area contributed by atoms with Crippen LogP contribution in [0.4, 0.5) is 0 Å². The standard InChI is InChI=1S/C38H35NO6/c1-3-39-36(43)26-17-16-25-28(33(26)37(39)44)20-29-35(42)27(22-11-7-5-8-12-22)21-32(41)38(29,24-13-9-6-10-14-24)34(25)23-15-18-30(40)31(19-23)45-4-2/h5-16,18-19,21,26,28-29,33-34,40H,3-4,17,20H2,1-2H3. The van der Waals surface area contributed by atoms with Crippen LogP contribution in [0.1, 0.15) is 49.3 Å². The third-order valence-corrected chi connectivity index (χ3v) is 10.4. The Balaban J connectivity index is 1.52. The van der Waals surface area contributed by atoms with E-state index < -0.39 is 35.0 Å². The van der Waals surface area contributed by atoms with E-state index in [1.54, 1.807) is 25.1 Å². The lowest BCUT2D eigenvalue weighted by Gasteiger charge is -2.55. The van der Waals surface area contributed by atoms with Crippen LogP contribution < -0.4 is 4.74 Å². The van der Waals surface area contributed by atoms with Crippen LogP contribution in [0.3, 0.4) is 0 Å². The number of allylic oxidation sites excluding steroid dienone is 4. The summed E-state index contributed by atoms with van der Waals surface area (Å²) in [4.78, 5) is 58.4. The smallest absolute Gasteiger partial charge is 0.233 e. The second-order valence-electron chi connectivity index (χ2n) is 12.4. The van der Waals surface area contributed by atoms with Crippen molar-refractivity contribution in [3.63, 3.8) is 0 Å². The van der Waals surface area contributed by atoms with Gasteiger partial charge in [-0.3, -0.25) is 24.1 Å². The minimum absolute atomic E-state index is 0.0246. The SMILES string of the molecule is CCOc1cc(C2C3=CCC4C(=O)N(CC)C(=O)C4C3CC3C(=O)C(c4ccccc4)=CC(=O)C32c2ccccc2)ccc1O. The zero-order valence-electron chi connectivity index (χ0n) is 25.3. The maximum atomic E-state index is 15.0. The van der Waals surface area contributed by atoms with Gasteiger partial charge < -0.3 is 9.84 Å². The van der Waals surface area contributed by atoms with Crippen LogP contribution >= 0.6 is 0 Å². The van der Waals surface area contributed by atoms with Crippen LogP contribution in [0.5, 0.6) is 11.5 Å². The molecule has 0 bridgehead atoms. The Morgan fingerprint density at radius 2 is 1.60 bits per heavy atom.